The normalized spacial score (nSPS) is 21.5. The quantitative estimate of drug-likeness (QED) is 0.865. The number of carbonyl (C=O) groups excluding carboxylic acids is 1. The summed E-state index contributed by atoms with van der Waals surface area (Å²) in [4.78, 5) is 24.7. The average Bonchev–Trinajstić information content (AvgIpc) is 2.80. The van der Waals surface area contributed by atoms with Gasteiger partial charge in [0, 0.05) is 23.7 Å². The number of nitrogens with zero attached hydrogens (tertiary/aromatic N) is 1. The van der Waals surface area contributed by atoms with Gasteiger partial charge in [-0.2, -0.15) is 0 Å². The monoisotopic (exact) mass is 310 g/mol. The Morgan fingerprint density at radius 2 is 2.24 bits per heavy atom. The molecular formula is C15H19ClN2O3. The van der Waals surface area contributed by atoms with Crippen LogP contribution in [-0.4, -0.2) is 47.1 Å². The summed E-state index contributed by atoms with van der Waals surface area (Å²) in [6, 6.07) is 7.27. The lowest BCUT2D eigenvalue weighted by atomic mass is 10.0. The average molecular weight is 311 g/mol. The molecule has 6 heteroatoms. The summed E-state index contributed by atoms with van der Waals surface area (Å²) in [5.74, 6) is -0.849. The topological polar surface area (TPSA) is 69.6 Å². The summed E-state index contributed by atoms with van der Waals surface area (Å²) < 4.78 is 0. The molecule has 1 atom stereocenters. The molecular weight excluding hydrogens is 292 g/mol. The summed E-state index contributed by atoms with van der Waals surface area (Å²) >= 11 is 5.91. The van der Waals surface area contributed by atoms with E-state index in [1.165, 1.54) is 0 Å². The first-order valence-electron chi connectivity index (χ1n) is 6.87. The largest absolute Gasteiger partial charge is 0.480 e. The predicted molar refractivity (Wildman–Crippen MR) is 80.4 cm³/mol. The van der Waals surface area contributed by atoms with Gasteiger partial charge in [-0.1, -0.05) is 23.7 Å². The second kappa shape index (κ2) is 6.45. The zero-order chi connectivity index (χ0) is 15.5. The molecule has 1 aliphatic rings. The fourth-order valence-electron chi connectivity index (χ4n) is 2.54. The second-order valence-corrected chi connectivity index (χ2v) is 6.12. The van der Waals surface area contributed by atoms with E-state index in [9.17, 15) is 9.59 Å². The van der Waals surface area contributed by atoms with Crippen LogP contribution < -0.4 is 5.32 Å². The molecule has 5 nitrogen and oxygen atoms in total. The van der Waals surface area contributed by atoms with Crippen LogP contribution in [0.3, 0.4) is 0 Å². The van der Waals surface area contributed by atoms with Crippen LogP contribution in [0.4, 0.5) is 0 Å². The molecule has 1 amide bonds. The molecule has 1 saturated heterocycles. The summed E-state index contributed by atoms with van der Waals surface area (Å²) in [5, 5.41) is 12.3. The standard InChI is InChI=1S/C15H19ClN2O3/c1-15(17-9-14(20)21)5-6-18(10-15)13(19)8-11-3-2-4-12(16)7-11/h2-4,7,17H,5-6,8-10H2,1H3,(H,20,21). The fourth-order valence-corrected chi connectivity index (χ4v) is 2.75. The van der Waals surface area contributed by atoms with Gasteiger partial charge in [0.2, 0.25) is 5.91 Å². The van der Waals surface area contributed by atoms with Crippen molar-refractivity contribution in [2.75, 3.05) is 19.6 Å². The van der Waals surface area contributed by atoms with E-state index in [1.807, 2.05) is 19.1 Å². The van der Waals surface area contributed by atoms with Crippen molar-refractivity contribution in [1.29, 1.82) is 0 Å². The number of rotatable bonds is 5. The Hall–Kier alpha value is -1.59. The van der Waals surface area contributed by atoms with E-state index >= 15 is 0 Å². The number of halogens is 1. The zero-order valence-corrected chi connectivity index (χ0v) is 12.7. The molecule has 0 aliphatic carbocycles. The van der Waals surface area contributed by atoms with E-state index < -0.39 is 5.97 Å². The molecule has 0 spiro atoms. The Balaban J connectivity index is 1.91. The van der Waals surface area contributed by atoms with Crippen LogP contribution in [0.1, 0.15) is 18.9 Å². The highest BCUT2D eigenvalue weighted by atomic mass is 35.5. The molecule has 1 heterocycles. The maximum atomic E-state index is 12.3. The SMILES string of the molecule is CC1(NCC(=O)O)CCN(C(=O)Cc2cccc(Cl)c2)C1. The lowest BCUT2D eigenvalue weighted by molar-refractivity contribution is -0.136. The molecule has 1 unspecified atom stereocenters. The number of carboxylic acids is 1. The maximum Gasteiger partial charge on any atom is 0.317 e. The Bertz CT molecular complexity index is 549. The molecule has 1 fully saturated rings. The first-order chi connectivity index (χ1) is 9.88. The number of carboxylic acid groups (broad SMARTS) is 1. The van der Waals surface area contributed by atoms with Gasteiger partial charge in [-0.3, -0.25) is 14.9 Å². The Morgan fingerprint density at radius 3 is 2.90 bits per heavy atom. The molecule has 0 radical (unpaired) electrons. The van der Waals surface area contributed by atoms with Gasteiger partial charge in [0.25, 0.3) is 0 Å². The van der Waals surface area contributed by atoms with Gasteiger partial charge in [0.1, 0.15) is 0 Å². The van der Waals surface area contributed by atoms with Crippen LogP contribution >= 0.6 is 11.6 Å². The summed E-state index contributed by atoms with van der Waals surface area (Å²) in [7, 11) is 0. The number of likely N-dealkylation sites (tertiary alicyclic amines) is 1. The third-order valence-corrected chi connectivity index (χ3v) is 3.97. The molecule has 1 aromatic rings. The predicted octanol–water partition coefficient (Wildman–Crippen LogP) is 1.55. The van der Waals surface area contributed by atoms with Crippen molar-refractivity contribution in [3.8, 4) is 0 Å². The fraction of sp³-hybridized carbons (Fsp3) is 0.467. The molecule has 0 saturated carbocycles. The maximum absolute atomic E-state index is 12.3. The lowest BCUT2D eigenvalue weighted by Gasteiger charge is -2.25. The van der Waals surface area contributed by atoms with E-state index in [0.29, 0.717) is 24.5 Å². The third kappa shape index (κ3) is 4.44. The van der Waals surface area contributed by atoms with E-state index in [2.05, 4.69) is 5.32 Å². The van der Waals surface area contributed by atoms with Gasteiger partial charge >= 0.3 is 5.97 Å². The minimum atomic E-state index is -0.889. The molecule has 0 aromatic heterocycles. The molecule has 21 heavy (non-hydrogen) atoms. The minimum absolute atomic E-state index is 0.0399. The van der Waals surface area contributed by atoms with Crippen LogP contribution in [0.2, 0.25) is 5.02 Å². The van der Waals surface area contributed by atoms with Crippen molar-refractivity contribution >= 4 is 23.5 Å². The minimum Gasteiger partial charge on any atom is -0.480 e. The van der Waals surface area contributed by atoms with Crippen molar-refractivity contribution in [3.05, 3.63) is 34.9 Å². The molecule has 2 N–H and O–H groups in total. The van der Waals surface area contributed by atoms with Crippen molar-refractivity contribution in [3.63, 3.8) is 0 Å². The van der Waals surface area contributed by atoms with E-state index in [4.69, 9.17) is 16.7 Å². The van der Waals surface area contributed by atoms with Crippen molar-refractivity contribution in [2.45, 2.75) is 25.3 Å². The molecule has 1 aromatic carbocycles. The van der Waals surface area contributed by atoms with Gasteiger partial charge in [0.15, 0.2) is 0 Å². The van der Waals surface area contributed by atoms with Crippen LogP contribution in [-0.2, 0) is 16.0 Å². The van der Waals surface area contributed by atoms with Crippen molar-refractivity contribution < 1.29 is 14.7 Å². The molecule has 1 aliphatic heterocycles. The van der Waals surface area contributed by atoms with Crippen LogP contribution in [0.15, 0.2) is 24.3 Å². The van der Waals surface area contributed by atoms with E-state index in [-0.39, 0.29) is 18.0 Å². The smallest absolute Gasteiger partial charge is 0.317 e. The first-order valence-corrected chi connectivity index (χ1v) is 7.25. The summed E-state index contributed by atoms with van der Waals surface area (Å²) in [6.45, 7) is 3.03. The second-order valence-electron chi connectivity index (χ2n) is 5.68. The van der Waals surface area contributed by atoms with E-state index in [0.717, 1.165) is 12.0 Å². The van der Waals surface area contributed by atoms with Crippen molar-refractivity contribution in [2.24, 2.45) is 0 Å². The highest BCUT2D eigenvalue weighted by Gasteiger charge is 2.35. The number of amides is 1. The van der Waals surface area contributed by atoms with Gasteiger partial charge < -0.3 is 10.0 Å². The number of nitrogens with one attached hydrogen (secondary N) is 1. The van der Waals surface area contributed by atoms with Gasteiger partial charge in [-0.15, -0.1) is 0 Å². The lowest BCUT2D eigenvalue weighted by Crippen LogP contribution is -2.47. The van der Waals surface area contributed by atoms with Crippen molar-refractivity contribution in [1.82, 2.24) is 10.2 Å². The number of carbonyl (C=O) groups is 2. The molecule has 0 bridgehead atoms. The van der Waals surface area contributed by atoms with E-state index in [1.54, 1.807) is 17.0 Å². The number of hydrogen-bond acceptors (Lipinski definition) is 3. The zero-order valence-electron chi connectivity index (χ0n) is 11.9. The highest BCUT2D eigenvalue weighted by Crippen LogP contribution is 2.22. The third-order valence-electron chi connectivity index (χ3n) is 3.74. The first kappa shape index (κ1) is 15.8. The van der Waals surface area contributed by atoms with Crippen LogP contribution in [0, 0.1) is 0 Å². The Kier molecular flexibility index (Phi) is 4.85. The Morgan fingerprint density at radius 1 is 1.48 bits per heavy atom. The van der Waals surface area contributed by atoms with Crippen LogP contribution in [0.5, 0.6) is 0 Å². The van der Waals surface area contributed by atoms with Gasteiger partial charge in [0.05, 0.1) is 13.0 Å². The molecule has 114 valence electrons. The summed E-state index contributed by atoms with van der Waals surface area (Å²) in [5.41, 5.74) is 0.558. The number of aliphatic carboxylic acids is 1. The summed E-state index contributed by atoms with van der Waals surface area (Å²) in [6.07, 6.45) is 1.07. The van der Waals surface area contributed by atoms with Gasteiger partial charge in [-0.25, -0.2) is 0 Å². The number of hydrogen-bond donors (Lipinski definition) is 2. The van der Waals surface area contributed by atoms with Crippen LogP contribution in [0.25, 0.3) is 0 Å². The highest BCUT2D eigenvalue weighted by molar-refractivity contribution is 6.30. The Labute approximate surface area is 128 Å². The van der Waals surface area contributed by atoms with Gasteiger partial charge in [-0.05, 0) is 31.0 Å². The molecule has 2 rings (SSSR count). The number of benzene rings is 1.